The summed E-state index contributed by atoms with van der Waals surface area (Å²) in [5, 5.41) is 11.8. The van der Waals surface area contributed by atoms with E-state index in [0.717, 1.165) is 6.54 Å². The second-order valence-corrected chi connectivity index (χ2v) is 4.20. The molecule has 0 spiro atoms. The van der Waals surface area contributed by atoms with Crippen LogP contribution < -0.4 is 5.32 Å². The van der Waals surface area contributed by atoms with Gasteiger partial charge in [-0.1, -0.05) is 0 Å². The fraction of sp³-hybridized carbons (Fsp3) is 0.875. The molecule has 0 radical (unpaired) electrons. The highest BCUT2D eigenvalue weighted by atomic mass is 16.4. The van der Waals surface area contributed by atoms with Crippen LogP contribution >= 0.6 is 0 Å². The Morgan fingerprint density at radius 2 is 2.08 bits per heavy atom. The maximum Gasteiger partial charge on any atom is 0.298 e. The standard InChI is InChI=1S/C8H18BNO2/c1-8(2,3)10-5-4-6(9)7(11)12/h6,10H,4-5,9H2,1-3H3,(H,11,12). The fourth-order valence-electron chi connectivity index (χ4n) is 0.787. The molecule has 0 saturated heterocycles. The van der Waals surface area contributed by atoms with Gasteiger partial charge in [0.15, 0.2) is 0 Å². The molecule has 0 aliphatic rings. The van der Waals surface area contributed by atoms with Crippen molar-refractivity contribution >= 4 is 13.8 Å². The molecule has 1 unspecified atom stereocenters. The van der Waals surface area contributed by atoms with Gasteiger partial charge in [-0.05, 0) is 33.7 Å². The smallest absolute Gasteiger partial charge is 0.298 e. The van der Waals surface area contributed by atoms with E-state index in [1.807, 2.05) is 0 Å². The van der Waals surface area contributed by atoms with Gasteiger partial charge in [-0.2, -0.15) is 0 Å². The summed E-state index contributed by atoms with van der Waals surface area (Å²) in [5.41, 5.74) is 0.0816. The molecule has 0 fully saturated rings. The summed E-state index contributed by atoms with van der Waals surface area (Å²) < 4.78 is 0. The van der Waals surface area contributed by atoms with Crippen LogP contribution in [0.2, 0.25) is 5.82 Å². The van der Waals surface area contributed by atoms with Crippen LogP contribution in [0.25, 0.3) is 0 Å². The van der Waals surface area contributed by atoms with Gasteiger partial charge in [0.1, 0.15) is 7.85 Å². The summed E-state index contributed by atoms with van der Waals surface area (Å²) in [6.45, 7) is 6.96. The van der Waals surface area contributed by atoms with Crippen molar-refractivity contribution in [1.82, 2.24) is 5.32 Å². The van der Waals surface area contributed by atoms with E-state index in [4.69, 9.17) is 5.11 Å². The third kappa shape index (κ3) is 6.22. The summed E-state index contributed by atoms with van der Waals surface area (Å²) in [4.78, 5) is 10.4. The van der Waals surface area contributed by atoms with Crippen LogP contribution in [-0.4, -0.2) is 31.0 Å². The van der Waals surface area contributed by atoms with E-state index >= 15 is 0 Å². The third-order valence-corrected chi connectivity index (χ3v) is 1.65. The van der Waals surface area contributed by atoms with Crippen LogP contribution in [-0.2, 0) is 4.79 Å². The Labute approximate surface area is 75.0 Å². The normalized spacial score (nSPS) is 14.2. The first kappa shape index (κ1) is 11.5. The Balaban J connectivity index is 3.51. The molecule has 0 aliphatic carbocycles. The van der Waals surface area contributed by atoms with Gasteiger partial charge in [-0.3, -0.25) is 4.79 Å². The third-order valence-electron chi connectivity index (χ3n) is 1.65. The van der Waals surface area contributed by atoms with Crippen LogP contribution in [0.4, 0.5) is 0 Å². The van der Waals surface area contributed by atoms with Gasteiger partial charge in [0.2, 0.25) is 0 Å². The van der Waals surface area contributed by atoms with Crippen molar-refractivity contribution < 1.29 is 9.90 Å². The molecule has 70 valence electrons. The lowest BCUT2D eigenvalue weighted by Gasteiger charge is -2.21. The van der Waals surface area contributed by atoms with Crippen molar-refractivity contribution in [2.24, 2.45) is 0 Å². The number of nitrogens with one attached hydrogen (secondary N) is 1. The molecular formula is C8H18BNO2. The Hall–Kier alpha value is -0.505. The molecule has 0 rings (SSSR count). The summed E-state index contributed by atoms with van der Waals surface area (Å²) in [6.07, 6.45) is 0.687. The molecule has 0 aliphatic heterocycles. The van der Waals surface area contributed by atoms with Crippen molar-refractivity contribution in [2.45, 2.75) is 38.5 Å². The van der Waals surface area contributed by atoms with E-state index in [1.165, 1.54) is 0 Å². The van der Waals surface area contributed by atoms with E-state index in [2.05, 4.69) is 26.1 Å². The largest absolute Gasteiger partial charge is 0.482 e. The number of aliphatic carboxylic acids is 1. The zero-order chi connectivity index (χ0) is 9.78. The van der Waals surface area contributed by atoms with Gasteiger partial charge in [0, 0.05) is 11.4 Å². The summed E-state index contributed by atoms with van der Waals surface area (Å²) in [7, 11) is 1.73. The minimum Gasteiger partial charge on any atom is -0.482 e. The Morgan fingerprint density at radius 1 is 1.58 bits per heavy atom. The lowest BCUT2D eigenvalue weighted by Crippen LogP contribution is -2.37. The molecule has 0 aromatic heterocycles. The molecule has 3 nitrogen and oxygen atoms in total. The van der Waals surface area contributed by atoms with Crippen molar-refractivity contribution in [3.05, 3.63) is 0 Å². The van der Waals surface area contributed by atoms with Gasteiger partial charge in [-0.15, -0.1) is 0 Å². The Morgan fingerprint density at radius 3 is 2.42 bits per heavy atom. The van der Waals surface area contributed by atoms with E-state index in [0.29, 0.717) is 6.42 Å². The average Bonchev–Trinajstić information content (AvgIpc) is 1.84. The topological polar surface area (TPSA) is 49.3 Å². The molecule has 0 bridgehead atoms. The first-order valence-corrected chi connectivity index (χ1v) is 4.31. The van der Waals surface area contributed by atoms with E-state index in [1.54, 1.807) is 7.85 Å². The van der Waals surface area contributed by atoms with Crippen LogP contribution in [0.15, 0.2) is 0 Å². The number of hydrogen-bond donors (Lipinski definition) is 2. The monoisotopic (exact) mass is 171 g/mol. The second-order valence-electron chi connectivity index (χ2n) is 4.20. The Kier molecular flexibility index (Phi) is 4.31. The van der Waals surface area contributed by atoms with Gasteiger partial charge in [0.05, 0.1) is 0 Å². The highest BCUT2D eigenvalue weighted by molar-refractivity contribution is 6.22. The van der Waals surface area contributed by atoms with E-state index in [-0.39, 0.29) is 11.4 Å². The van der Waals surface area contributed by atoms with Crippen molar-refractivity contribution in [2.75, 3.05) is 6.54 Å². The van der Waals surface area contributed by atoms with E-state index < -0.39 is 5.97 Å². The van der Waals surface area contributed by atoms with Crippen LogP contribution in [0.3, 0.4) is 0 Å². The number of hydrogen-bond acceptors (Lipinski definition) is 2. The maximum absolute atomic E-state index is 10.4. The Bertz CT molecular complexity index is 154. The minimum atomic E-state index is -0.717. The highest BCUT2D eigenvalue weighted by Gasteiger charge is 2.12. The number of carboxylic acid groups (broad SMARTS) is 1. The zero-order valence-electron chi connectivity index (χ0n) is 8.35. The van der Waals surface area contributed by atoms with Crippen molar-refractivity contribution in [3.8, 4) is 0 Å². The summed E-state index contributed by atoms with van der Waals surface area (Å²) in [6, 6.07) is 0. The quantitative estimate of drug-likeness (QED) is 0.597. The highest BCUT2D eigenvalue weighted by Crippen LogP contribution is 2.05. The number of rotatable bonds is 4. The number of carbonyl (C=O) groups is 1. The first-order valence-electron chi connectivity index (χ1n) is 4.31. The summed E-state index contributed by atoms with van der Waals surface area (Å²) in [5.74, 6) is -0.967. The molecule has 0 aromatic carbocycles. The SMILES string of the molecule is BC(CCNC(C)(C)C)C(=O)O. The number of carboxylic acids is 1. The molecule has 1 atom stereocenters. The van der Waals surface area contributed by atoms with Gasteiger partial charge in [-0.25, -0.2) is 0 Å². The van der Waals surface area contributed by atoms with Crippen LogP contribution in [0, 0.1) is 0 Å². The fourth-order valence-corrected chi connectivity index (χ4v) is 0.787. The molecule has 4 heteroatoms. The van der Waals surface area contributed by atoms with Crippen molar-refractivity contribution in [3.63, 3.8) is 0 Å². The van der Waals surface area contributed by atoms with Crippen LogP contribution in [0.1, 0.15) is 27.2 Å². The molecule has 0 heterocycles. The molecule has 0 aromatic rings. The maximum atomic E-state index is 10.4. The molecule has 0 amide bonds. The van der Waals surface area contributed by atoms with Crippen LogP contribution in [0.5, 0.6) is 0 Å². The zero-order valence-corrected chi connectivity index (χ0v) is 8.35. The van der Waals surface area contributed by atoms with Gasteiger partial charge >= 0.3 is 0 Å². The van der Waals surface area contributed by atoms with E-state index in [9.17, 15) is 4.79 Å². The average molecular weight is 171 g/mol. The molecule has 0 saturated carbocycles. The predicted molar refractivity (Wildman–Crippen MR) is 52.3 cm³/mol. The molecular weight excluding hydrogens is 153 g/mol. The summed E-state index contributed by atoms with van der Waals surface area (Å²) >= 11 is 0. The molecule has 12 heavy (non-hydrogen) atoms. The first-order chi connectivity index (χ1) is 5.33. The second kappa shape index (κ2) is 4.50. The lowest BCUT2D eigenvalue weighted by molar-refractivity contribution is -0.137. The molecule has 2 N–H and O–H groups in total. The van der Waals surface area contributed by atoms with Gasteiger partial charge in [0.25, 0.3) is 5.97 Å². The minimum absolute atomic E-state index is 0.0816. The predicted octanol–water partition coefficient (Wildman–Crippen LogP) is 0.271. The van der Waals surface area contributed by atoms with Crippen molar-refractivity contribution in [1.29, 1.82) is 0 Å². The lowest BCUT2D eigenvalue weighted by atomic mass is 9.84. The van der Waals surface area contributed by atoms with Gasteiger partial charge < -0.3 is 10.4 Å².